The van der Waals surface area contributed by atoms with E-state index in [1.165, 1.54) is 0 Å². The van der Waals surface area contributed by atoms with Gasteiger partial charge in [0.1, 0.15) is 17.6 Å². The van der Waals surface area contributed by atoms with Crippen molar-refractivity contribution in [2.24, 2.45) is 0 Å². The number of hydrogen-bond acceptors (Lipinski definition) is 5. The topological polar surface area (TPSA) is 84.9 Å². The number of fused-ring (bicyclic) bond motifs is 1. The number of nitrogens with zero attached hydrogens (tertiary/aromatic N) is 1. The summed E-state index contributed by atoms with van der Waals surface area (Å²) in [5, 5.41) is 2.94. The summed E-state index contributed by atoms with van der Waals surface area (Å²) in [4.78, 5) is 12.8. The third-order valence-electron chi connectivity index (χ3n) is 6.10. The quantitative estimate of drug-likeness (QED) is 0.636. The van der Waals surface area contributed by atoms with Crippen molar-refractivity contribution >= 4 is 15.9 Å². The molecule has 2 aliphatic heterocycles. The van der Waals surface area contributed by atoms with Crippen molar-refractivity contribution in [3.63, 3.8) is 0 Å². The van der Waals surface area contributed by atoms with E-state index < -0.39 is 10.0 Å². The van der Waals surface area contributed by atoms with Gasteiger partial charge < -0.3 is 14.8 Å². The van der Waals surface area contributed by atoms with Crippen LogP contribution in [0.15, 0.2) is 41.3 Å². The van der Waals surface area contributed by atoms with Gasteiger partial charge in [-0.05, 0) is 56.5 Å². The normalized spacial score (nSPS) is 18.4. The Balaban J connectivity index is 1.37. The van der Waals surface area contributed by atoms with E-state index in [1.54, 1.807) is 28.6 Å². The summed E-state index contributed by atoms with van der Waals surface area (Å²) in [5.74, 6) is 1.47. The number of nitrogens with one attached hydrogen (secondary N) is 1. The van der Waals surface area contributed by atoms with Crippen molar-refractivity contribution in [3.05, 3.63) is 53.1 Å². The molecular weight excluding hydrogens is 440 g/mol. The Labute approximate surface area is 196 Å². The van der Waals surface area contributed by atoms with Crippen LogP contribution in [0.3, 0.4) is 0 Å². The summed E-state index contributed by atoms with van der Waals surface area (Å²) >= 11 is 0. The number of amides is 1. The van der Waals surface area contributed by atoms with Gasteiger partial charge >= 0.3 is 0 Å². The average molecular weight is 473 g/mol. The lowest BCUT2D eigenvalue weighted by Crippen LogP contribution is -2.35. The van der Waals surface area contributed by atoms with Crippen LogP contribution in [-0.2, 0) is 34.2 Å². The number of benzene rings is 2. The highest BCUT2D eigenvalue weighted by Gasteiger charge is 2.26. The molecule has 2 aromatic carbocycles. The second-order valence-electron chi connectivity index (χ2n) is 8.70. The molecule has 8 heteroatoms. The highest BCUT2D eigenvalue weighted by molar-refractivity contribution is 7.89. The fraction of sp³-hybridized carbons (Fsp3) is 0.480. The van der Waals surface area contributed by atoms with Crippen LogP contribution < -0.4 is 14.8 Å². The first kappa shape index (κ1) is 23.6. The largest absolute Gasteiger partial charge is 0.494 e. The standard InChI is InChI=1S/C25H32N2O5S/c1-3-31-23-15-20-13-18(2)32-24(20)16-21(23)17-26-25(28)14-19-7-9-22(10-8-19)33(29,30)27-11-5-4-6-12-27/h7-10,15-16,18H,3-6,11-14,17H2,1-2H3,(H,26,28)/t18-/m1/s1. The Morgan fingerprint density at radius 2 is 1.88 bits per heavy atom. The van der Waals surface area contributed by atoms with Gasteiger partial charge in [-0.15, -0.1) is 0 Å². The van der Waals surface area contributed by atoms with Gasteiger partial charge in [-0.25, -0.2) is 8.42 Å². The SMILES string of the molecule is CCOc1cc2c(cc1CNC(=O)Cc1ccc(S(=O)(=O)N3CCCCC3)cc1)O[C@H](C)C2. The fourth-order valence-electron chi connectivity index (χ4n) is 4.38. The zero-order chi connectivity index (χ0) is 23.4. The molecule has 4 rings (SSSR count). The molecule has 0 unspecified atom stereocenters. The number of carbonyl (C=O) groups excluding carboxylic acids is 1. The molecule has 0 aliphatic carbocycles. The lowest BCUT2D eigenvalue weighted by Gasteiger charge is -2.25. The molecule has 1 fully saturated rings. The molecule has 33 heavy (non-hydrogen) atoms. The number of rotatable bonds is 8. The molecule has 178 valence electrons. The molecule has 2 aromatic rings. The number of ether oxygens (including phenoxy) is 2. The van der Waals surface area contributed by atoms with Crippen LogP contribution in [0.25, 0.3) is 0 Å². The van der Waals surface area contributed by atoms with Crippen molar-refractivity contribution in [1.29, 1.82) is 0 Å². The van der Waals surface area contributed by atoms with Crippen molar-refractivity contribution < 1.29 is 22.7 Å². The van der Waals surface area contributed by atoms with Gasteiger partial charge in [-0.1, -0.05) is 18.6 Å². The lowest BCUT2D eigenvalue weighted by atomic mass is 10.1. The summed E-state index contributed by atoms with van der Waals surface area (Å²) < 4.78 is 38.8. The van der Waals surface area contributed by atoms with Gasteiger partial charge in [-0.2, -0.15) is 4.31 Å². The van der Waals surface area contributed by atoms with Crippen molar-refractivity contribution in [2.75, 3.05) is 19.7 Å². The van der Waals surface area contributed by atoms with E-state index in [9.17, 15) is 13.2 Å². The molecule has 1 atom stereocenters. The second kappa shape index (κ2) is 10.1. The highest BCUT2D eigenvalue weighted by atomic mass is 32.2. The third kappa shape index (κ3) is 5.50. The number of piperidine rings is 1. The molecule has 1 amide bonds. The Bertz CT molecular complexity index is 1090. The van der Waals surface area contributed by atoms with E-state index >= 15 is 0 Å². The van der Waals surface area contributed by atoms with Gasteiger partial charge in [0.2, 0.25) is 15.9 Å². The summed E-state index contributed by atoms with van der Waals surface area (Å²) in [5.41, 5.74) is 2.77. The van der Waals surface area contributed by atoms with Crippen LogP contribution in [0.1, 0.15) is 49.8 Å². The van der Waals surface area contributed by atoms with Gasteiger partial charge in [0.05, 0.1) is 17.9 Å². The van der Waals surface area contributed by atoms with Gasteiger partial charge in [-0.3, -0.25) is 4.79 Å². The first-order valence-corrected chi connectivity index (χ1v) is 13.1. The highest BCUT2D eigenvalue weighted by Crippen LogP contribution is 2.35. The Kier molecular flexibility index (Phi) is 7.24. The first-order chi connectivity index (χ1) is 15.9. The van der Waals surface area contributed by atoms with Crippen molar-refractivity contribution in [3.8, 4) is 11.5 Å². The molecule has 1 N–H and O–H groups in total. The maximum atomic E-state index is 12.8. The van der Waals surface area contributed by atoms with Crippen LogP contribution in [0.5, 0.6) is 11.5 Å². The summed E-state index contributed by atoms with van der Waals surface area (Å²) in [7, 11) is -3.47. The molecule has 0 bridgehead atoms. The zero-order valence-corrected chi connectivity index (χ0v) is 20.1. The maximum Gasteiger partial charge on any atom is 0.243 e. The van der Waals surface area contributed by atoms with Crippen LogP contribution in [-0.4, -0.2) is 44.4 Å². The molecule has 2 heterocycles. The van der Waals surface area contributed by atoms with Crippen molar-refractivity contribution in [1.82, 2.24) is 9.62 Å². The Morgan fingerprint density at radius 3 is 2.58 bits per heavy atom. The van der Waals surface area contributed by atoms with Gasteiger partial charge in [0.25, 0.3) is 0 Å². The minimum atomic E-state index is -3.47. The summed E-state index contributed by atoms with van der Waals surface area (Å²) in [6, 6.07) is 10.6. The predicted molar refractivity (Wildman–Crippen MR) is 126 cm³/mol. The Morgan fingerprint density at radius 1 is 1.15 bits per heavy atom. The molecular formula is C25H32N2O5S. The molecule has 2 aliphatic rings. The van der Waals surface area contributed by atoms with Crippen LogP contribution in [0.4, 0.5) is 0 Å². The molecule has 7 nitrogen and oxygen atoms in total. The monoisotopic (exact) mass is 472 g/mol. The number of sulfonamides is 1. The van der Waals surface area contributed by atoms with Crippen LogP contribution >= 0.6 is 0 Å². The molecule has 0 saturated carbocycles. The second-order valence-corrected chi connectivity index (χ2v) is 10.6. The predicted octanol–water partition coefficient (Wildman–Crippen LogP) is 3.44. The van der Waals surface area contributed by atoms with E-state index in [0.29, 0.717) is 26.2 Å². The van der Waals surface area contributed by atoms with E-state index in [2.05, 4.69) is 5.32 Å². The molecule has 0 radical (unpaired) electrons. The van der Waals surface area contributed by atoms with E-state index in [0.717, 1.165) is 53.9 Å². The van der Waals surface area contributed by atoms with Crippen LogP contribution in [0, 0.1) is 0 Å². The van der Waals surface area contributed by atoms with Crippen molar-refractivity contribution in [2.45, 2.75) is 63.5 Å². The summed E-state index contributed by atoms with van der Waals surface area (Å²) in [6.45, 7) is 5.99. The van der Waals surface area contributed by atoms with E-state index in [1.807, 2.05) is 26.0 Å². The smallest absolute Gasteiger partial charge is 0.243 e. The molecule has 0 aromatic heterocycles. The van der Waals surface area contributed by atoms with E-state index in [4.69, 9.17) is 9.47 Å². The third-order valence-corrected chi connectivity index (χ3v) is 8.01. The number of hydrogen-bond donors (Lipinski definition) is 1. The van der Waals surface area contributed by atoms with E-state index in [-0.39, 0.29) is 23.3 Å². The average Bonchev–Trinajstić information content (AvgIpc) is 3.17. The summed E-state index contributed by atoms with van der Waals surface area (Å²) in [6.07, 6.45) is 4.04. The molecule has 1 saturated heterocycles. The minimum Gasteiger partial charge on any atom is -0.494 e. The first-order valence-electron chi connectivity index (χ1n) is 11.7. The lowest BCUT2D eigenvalue weighted by molar-refractivity contribution is -0.120. The van der Waals surface area contributed by atoms with Gasteiger partial charge in [0, 0.05) is 37.2 Å². The maximum absolute atomic E-state index is 12.8. The van der Waals surface area contributed by atoms with Gasteiger partial charge in [0.15, 0.2) is 0 Å². The fourth-order valence-corrected chi connectivity index (χ4v) is 5.90. The molecule has 0 spiro atoms. The van der Waals surface area contributed by atoms with Crippen LogP contribution in [0.2, 0.25) is 0 Å². The zero-order valence-electron chi connectivity index (χ0n) is 19.3. The Hall–Kier alpha value is -2.58. The number of carbonyl (C=O) groups is 1. The minimum absolute atomic E-state index is 0.140.